The van der Waals surface area contributed by atoms with E-state index in [1.165, 1.54) is 38.1 Å². The molecule has 3 aliphatic rings. The molecule has 0 fully saturated rings. The van der Waals surface area contributed by atoms with Crippen LogP contribution in [0.3, 0.4) is 0 Å². The number of hydrogen-bond acceptors (Lipinski definition) is 9. The third kappa shape index (κ3) is 4.36. The number of carbonyl (C=O) groups is 2. The number of fused-ring (bicyclic) bond motifs is 3. The lowest BCUT2D eigenvalue weighted by Crippen LogP contribution is -2.30. The Balaban J connectivity index is 1.76. The van der Waals surface area contributed by atoms with Crippen LogP contribution in [0.15, 0.2) is 22.8 Å². The van der Waals surface area contributed by atoms with Crippen molar-refractivity contribution in [3.63, 3.8) is 0 Å². The molecule has 0 atom stereocenters. The molecule has 19 heteroatoms. The van der Waals surface area contributed by atoms with E-state index in [0.717, 1.165) is 0 Å². The average molecular weight is 781 g/mol. The van der Waals surface area contributed by atoms with Crippen molar-refractivity contribution in [1.82, 2.24) is 0 Å². The maximum atomic E-state index is 15.9. The van der Waals surface area contributed by atoms with Crippen molar-refractivity contribution in [2.75, 3.05) is 0 Å². The van der Waals surface area contributed by atoms with E-state index in [-0.39, 0.29) is 30.6 Å². The molecule has 0 saturated heterocycles. The maximum absolute atomic E-state index is 15.9. The smallest absolute Gasteiger partial charge is 0.287 e. The molecule has 0 amide bonds. The summed E-state index contributed by atoms with van der Waals surface area (Å²) in [5.41, 5.74) is -12.2. The number of Topliss-reactive ketones (excluding diaryl/α,β-unsaturated/α-hetero) is 2. The van der Waals surface area contributed by atoms with Gasteiger partial charge in [0.15, 0.2) is 0 Å². The standard InChI is InChI=1S/C35H6F6N8O2S3/c1-11-17-21(13(7-42)46-3)33(36,37)23(15(9-44)48-5)27(17)52-25(11)29-19-20(32(51)35(40,41)31(19)50)30(54-29)26-12(2)18-22(14(8-43)47-4)34(38,39)24(28(18)53-26)16(10-45)49-6/h1-2H3/b21-13-,22-14+,23-15-,24-16+. The third-order valence-corrected chi connectivity index (χ3v) is 12.8. The number of carbonyl (C=O) groups excluding carboxylic acids is 2. The number of nitrogens with zero attached hydrogens (tertiary/aromatic N) is 8. The first-order chi connectivity index (χ1) is 25.4. The molecule has 0 saturated carbocycles. The van der Waals surface area contributed by atoms with Crippen molar-refractivity contribution in [3.05, 3.63) is 112 Å². The van der Waals surface area contributed by atoms with Crippen molar-refractivity contribution >= 4 is 67.9 Å². The Morgan fingerprint density at radius 1 is 0.481 bits per heavy atom. The number of halogens is 6. The van der Waals surface area contributed by atoms with Crippen LogP contribution in [0.4, 0.5) is 26.3 Å². The fourth-order valence-electron chi connectivity index (χ4n) is 6.46. The highest BCUT2D eigenvalue weighted by Gasteiger charge is 2.60. The lowest BCUT2D eigenvalue weighted by atomic mass is 9.98. The Labute approximate surface area is 310 Å². The monoisotopic (exact) mass is 780 g/mol. The maximum Gasteiger partial charge on any atom is 0.371 e. The zero-order valence-corrected chi connectivity index (χ0v) is 28.8. The largest absolute Gasteiger partial charge is 0.371 e. The van der Waals surface area contributed by atoms with E-state index < -0.39 is 106 Å². The first-order valence-corrected chi connectivity index (χ1v) is 16.6. The quantitative estimate of drug-likeness (QED) is 0.110. The molecular formula is C35H6F6N8O2S3. The van der Waals surface area contributed by atoms with Crippen LogP contribution in [0.5, 0.6) is 0 Å². The van der Waals surface area contributed by atoms with E-state index >= 15 is 26.3 Å². The minimum atomic E-state index is -4.65. The minimum absolute atomic E-state index is 0.198. The van der Waals surface area contributed by atoms with E-state index in [1.54, 1.807) is 0 Å². The summed E-state index contributed by atoms with van der Waals surface area (Å²) >= 11 is 1.33. The summed E-state index contributed by atoms with van der Waals surface area (Å²) in [6.45, 7) is 31.7. The summed E-state index contributed by atoms with van der Waals surface area (Å²) in [7, 11) is 0. The Kier molecular flexibility index (Phi) is 8.14. The van der Waals surface area contributed by atoms with Gasteiger partial charge >= 0.3 is 5.92 Å². The van der Waals surface area contributed by atoms with Gasteiger partial charge in [-0.1, -0.05) is 0 Å². The van der Waals surface area contributed by atoms with Crippen LogP contribution in [-0.4, -0.2) is 29.3 Å². The fourth-order valence-corrected chi connectivity index (χ4v) is 10.9. The van der Waals surface area contributed by atoms with Crippen molar-refractivity contribution in [2.45, 2.75) is 31.6 Å². The number of rotatable bonds is 2. The molecule has 0 aliphatic heterocycles. The van der Waals surface area contributed by atoms with Crippen molar-refractivity contribution in [1.29, 1.82) is 21.0 Å². The van der Waals surface area contributed by atoms with Crippen molar-refractivity contribution in [3.8, 4) is 43.8 Å². The molecule has 3 aromatic heterocycles. The Bertz CT molecular complexity index is 2660. The second-order valence-corrected chi connectivity index (χ2v) is 14.3. The van der Waals surface area contributed by atoms with E-state index in [0.29, 0.717) is 34.0 Å². The fraction of sp³-hybridized carbons (Fsp3) is 0.143. The van der Waals surface area contributed by atoms with Crippen LogP contribution in [-0.2, 0) is 0 Å². The van der Waals surface area contributed by atoms with E-state index in [1.807, 2.05) is 0 Å². The zero-order chi connectivity index (χ0) is 40.0. The van der Waals surface area contributed by atoms with E-state index in [4.69, 9.17) is 26.3 Å². The average Bonchev–Trinajstić information content (AvgIpc) is 3.90. The van der Waals surface area contributed by atoms with Crippen molar-refractivity contribution < 1.29 is 35.9 Å². The van der Waals surface area contributed by atoms with Gasteiger partial charge in [0.2, 0.25) is 11.6 Å². The highest BCUT2D eigenvalue weighted by Crippen LogP contribution is 2.64. The first kappa shape index (κ1) is 36.7. The van der Waals surface area contributed by atoms with E-state index in [9.17, 15) is 30.6 Å². The molecule has 0 radical (unpaired) electrons. The molecule has 54 heavy (non-hydrogen) atoms. The predicted octanol–water partition coefficient (Wildman–Crippen LogP) is 9.75. The molecule has 3 heterocycles. The van der Waals surface area contributed by atoms with Crippen LogP contribution < -0.4 is 0 Å². The van der Waals surface area contributed by atoms with Crippen LogP contribution in [0.1, 0.15) is 52.7 Å². The second-order valence-electron chi connectivity index (χ2n) is 11.2. The lowest BCUT2D eigenvalue weighted by Gasteiger charge is -2.16. The van der Waals surface area contributed by atoms with Gasteiger partial charge < -0.3 is 0 Å². The summed E-state index contributed by atoms with van der Waals surface area (Å²) < 4.78 is 94.4. The SMILES string of the molecule is [C-]#[N+]/C(C#N)=C1/c2c(sc(-c3sc(-c4sc5c(c4C)/C(=C(/C#N)[N+]#[C-])C(F)(F)/C5=C(\C#N)[N+]#[C-])c4c3C(=O)C(F)(F)C4=O)c2C)/C(=C(\C#N)[N+]#[C-])C1(F)F. The molecule has 6 rings (SSSR count). The Hall–Kier alpha value is -7.10. The normalized spacial score (nSPS) is 20.4. The molecule has 0 unspecified atom stereocenters. The molecule has 258 valence electrons. The molecule has 3 aromatic rings. The minimum Gasteiger partial charge on any atom is -0.287 e. The molecule has 0 N–H and O–H groups in total. The van der Waals surface area contributed by atoms with Crippen LogP contribution in [0, 0.1) is 85.5 Å². The second kappa shape index (κ2) is 12.0. The van der Waals surface area contributed by atoms with Gasteiger partial charge in [-0.2, -0.15) is 26.3 Å². The number of alkyl halides is 6. The van der Waals surface area contributed by atoms with Gasteiger partial charge in [-0.05, 0) is 36.1 Å². The van der Waals surface area contributed by atoms with Crippen molar-refractivity contribution in [2.24, 2.45) is 0 Å². The zero-order valence-electron chi connectivity index (χ0n) is 26.4. The van der Waals surface area contributed by atoms with Crippen LogP contribution >= 0.6 is 34.0 Å². The van der Waals surface area contributed by atoms with E-state index in [2.05, 4.69) is 19.4 Å². The van der Waals surface area contributed by atoms with Gasteiger partial charge in [-0.3, -0.25) is 9.59 Å². The predicted molar refractivity (Wildman–Crippen MR) is 180 cm³/mol. The third-order valence-electron chi connectivity index (χ3n) is 8.67. The van der Waals surface area contributed by atoms with Gasteiger partial charge in [0, 0.05) is 19.5 Å². The van der Waals surface area contributed by atoms with Gasteiger partial charge in [0.25, 0.3) is 34.6 Å². The summed E-state index contributed by atoms with van der Waals surface area (Å²) in [5.74, 6) is -17.1. The number of allylic oxidation sites excluding steroid dienone is 8. The highest BCUT2D eigenvalue weighted by molar-refractivity contribution is 7.28. The van der Waals surface area contributed by atoms with Crippen LogP contribution in [0.2, 0.25) is 0 Å². The van der Waals surface area contributed by atoms with Gasteiger partial charge in [-0.15, -0.1) is 34.0 Å². The molecular weight excluding hydrogens is 775 g/mol. The lowest BCUT2D eigenvalue weighted by molar-refractivity contribution is 0.0189. The summed E-state index contributed by atoms with van der Waals surface area (Å²) in [4.78, 5) is 36.0. The molecule has 0 aromatic carbocycles. The Morgan fingerprint density at radius 3 is 1.04 bits per heavy atom. The first-order valence-electron chi connectivity index (χ1n) is 14.2. The van der Waals surface area contributed by atoms with Gasteiger partial charge in [-0.25, -0.2) is 40.4 Å². The molecule has 0 spiro atoms. The molecule has 0 bridgehead atoms. The highest BCUT2D eigenvalue weighted by atomic mass is 32.1. The number of nitriles is 4. The number of hydrogen-bond donors (Lipinski definition) is 0. The topological polar surface area (TPSA) is 147 Å². The summed E-state index contributed by atoms with van der Waals surface area (Å²) in [6, 6.07) is 5.42. The summed E-state index contributed by atoms with van der Waals surface area (Å²) in [5, 5.41) is 38.3. The van der Waals surface area contributed by atoms with Crippen LogP contribution in [0.25, 0.3) is 61.2 Å². The summed E-state index contributed by atoms with van der Waals surface area (Å²) in [6.07, 6.45) is 0. The van der Waals surface area contributed by atoms with Gasteiger partial charge in [0.1, 0.15) is 0 Å². The van der Waals surface area contributed by atoms with Gasteiger partial charge in [0.05, 0.1) is 93.7 Å². The molecule has 3 aliphatic carbocycles. The molecule has 10 nitrogen and oxygen atoms in total. The number of ketones is 2. The number of thiophene rings is 3. The Morgan fingerprint density at radius 2 is 0.759 bits per heavy atom.